The van der Waals surface area contributed by atoms with Crippen molar-refractivity contribution in [3.8, 4) is 5.75 Å². The number of amides is 2. The van der Waals surface area contributed by atoms with Gasteiger partial charge in [-0.25, -0.2) is 8.42 Å². The lowest BCUT2D eigenvalue weighted by molar-refractivity contribution is -0.142. The minimum absolute atomic E-state index is 0.0390. The van der Waals surface area contributed by atoms with E-state index in [1.807, 2.05) is 0 Å². The second-order valence-corrected chi connectivity index (χ2v) is 12.6. The van der Waals surface area contributed by atoms with E-state index in [9.17, 15) is 36.3 Å². The van der Waals surface area contributed by atoms with Crippen LogP contribution < -0.4 is 10.1 Å². The topological polar surface area (TPSA) is 116 Å². The number of fused-ring (bicyclic) bond motifs is 1. The molecule has 2 N–H and O–H groups in total. The number of halogens is 4. The van der Waals surface area contributed by atoms with E-state index in [1.165, 1.54) is 54.4 Å². The van der Waals surface area contributed by atoms with Crippen LogP contribution in [0.2, 0.25) is 5.02 Å². The van der Waals surface area contributed by atoms with Crippen molar-refractivity contribution >= 4 is 39.1 Å². The van der Waals surface area contributed by atoms with Crippen LogP contribution in [0.1, 0.15) is 32.3 Å². The molecule has 0 saturated heterocycles. The van der Waals surface area contributed by atoms with Crippen LogP contribution in [-0.4, -0.2) is 79.6 Å². The number of aliphatic hydroxyl groups excluding tert-OH is 1. The highest BCUT2D eigenvalue weighted by atomic mass is 35.5. The van der Waals surface area contributed by atoms with E-state index < -0.39 is 47.1 Å². The maximum Gasteiger partial charge on any atom is 0.389 e. The molecule has 0 aromatic heterocycles. The molecule has 226 valence electrons. The van der Waals surface area contributed by atoms with Gasteiger partial charge in [0.25, 0.3) is 0 Å². The molecule has 0 spiro atoms. The first-order valence-electron chi connectivity index (χ1n) is 12.9. The SMILES string of the molecule is C[C@H](CO)N1C[C@H](C)[C@@H](CN(C)S(=O)(=O)c2ccc(Cl)cc2)Oc2ccc(NC(=O)CCC(F)(F)F)cc2CC1=O. The van der Waals surface area contributed by atoms with Gasteiger partial charge in [0.2, 0.25) is 21.8 Å². The summed E-state index contributed by atoms with van der Waals surface area (Å²) in [4.78, 5) is 26.9. The summed E-state index contributed by atoms with van der Waals surface area (Å²) in [7, 11) is -2.51. The summed E-state index contributed by atoms with van der Waals surface area (Å²) in [5, 5.41) is 12.6. The third-order valence-electron chi connectivity index (χ3n) is 6.79. The maximum atomic E-state index is 13.3. The zero-order valence-electron chi connectivity index (χ0n) is 22.8. The van der Waals surface area contributed by atoms with Gasteiger partial charge >= 0.3 is 6.18 Å². The zero-order valence-corrected chi connectivity index (χ0v) is 24.4. The van der Waals surface area contributed by atoms with Crippen molar-refractivity contribution in [3.05, 3.63) is 53.1 Å². The minimum atomic E-state index is -4.48. The average Bonchev–Trinajstić information content (AvgIpc) is 2.94. The highest BCUT2D eigenvalue weighted by Crippen LogP contribution is 2.30. The zero-order chi connectivity index (χ0) is 30.5. The van der Waals surface area contributed by atoms with E-state index in [0.29, 0.717) is 10.6 Å². The molecule has 3 rings (SSSR count). The van der Waals surface area contributed by atoms with Crippen molar-refractivity contribution in [1.29, 1.82) is 0 Å². The number of nitrogens with zero attached hydrogens (tertiary/aromatic N) is 2. The number of carbonyl (C=O) groups is 2. The standard InChI is InChI=1S/C27H33ClF3N3O6S/c1-17-14-34(18(2)16-35)26(37)13-19-12-21(32-25(36)10-11-27(29,30)31)6-9-23(19)40-24(17)15-33(3)41(38,39)22-7-4-20(28)5-8-22/h4-9,12,17-18,24,35H,10-11,13-16H2,1-3H3,(H,32,36)/t17-,18+,24+/m0/s1. The molecule has 1 heterocycles. The number of benzene rings is 2. The van der Waals surface area contributed by atoms with Crippen LogP contribution in [0.4, 0.5) is 18.9 Å². The molecule has 9 nitrogen and oxygen atoms in total. The molecule has 14 heteroatoms. The van der Waals surface area contributed by atoms with Gasteiger partial charge in [-0.2, -0.15) is 17.5 Å². The predicted octanol–water partition coefficient (Wildman–Crippen LogP) is 4.09. The first-order valence-corrected chi connectivity index (χ1v) is 14.7. The monoisotopic (exact) mass is 619 g/mol. The summed E-state index contributed by atoms with van der Waals surface area (Å²) in [6.07, 6.45) is -7.43. The summed E-state index contributed by atoms with van der Waals surface area (Å²) < 4.78 is 71.5. The Morgan fingerprint density at radius 3 is 2.51 bits per heavy atom. The van der Waals surface area contributed by atoms with Crippen molar-refractivity contribution in [3.63, 3.8) is 0 Å². The number of ether oxygens (including phenoxy) is 1. The van der Waals surface area contributed by atoms with Crippen LogP contribution >= 0.6 is 11.6 Å². The number of sulfonamides is 1. The number of hydrogen-bond acceptors (Lipinski definition) is 6. The van der Waals surface area contributed by atoms with Crippen LogP contribution in [0.3, 0.4) is 0 Å². The molecular formula is C27H33ClF3N3O6S. The molecule has 0 aliphatic carbocycles. The van der Waals surface area contributed by atoms with Gasteiger partial charge in [0.05, 0.1) is 36.9 Å². The normalized spacial score (nSPS) is 19.0. The van der Waals surface area contributed by atoms with E-state index >= 15 is 0 Å². The Kier molecular flexibility index (Phi) is 10.7. The van der Waals surface area contributed by atoms with E-state index in [-0.39, 0.29) is 54.3 Å². The Bertz CT molecular complexity index is 1340. The smallest absolute Gasteiger partial charge is 0.389 e. The summed E-state index contributed by atoms with van der Waals surface area (Å²) in [5.41, 5.74) is 0.529. The number of nitrogens with one attached hydrogen (secondary N) is 1. The Morgan fingerprint density at radius 2 is 1.90 bits per heavy atom. The molecule has 3 atom stereocenters. The summed E-state index contributed by atoms with van der Waals surface area (Å²) >= 11 is 5.90. The van der Waals surface area contributed by atoms with Gasteiger partial charge in [0.1, 0.15) is 11.9 Å². The lowest BCUT2D eigenvalue weighted by Gasteiger charge is -2.33. The minimum Gasteiger partial charge on any atom is -0.488 e. The van der Waals surface area contributed by atoms with E-state index in [0.717, 1.165) is 4.31 Å². The van der Waals surface area contributed by atoms with Crippen LogP contribution in [0.5, 0.6) is 5.75 Å². The quantitative estimate of drug-likeness (QED) is 0.437. The molecule has 0 saturated carbocycles. The van der Waals surface area contributed by atoms with Crippen molar-refractivity contribution in [1.82, 2.24) is 9.21 Å². The van der Waals surface area contributed by atoms with Gasteiger partial charge in [0, 0.05) is 42.2 Å². The maximum absolute atomic E-state index is 13.3. The van der Waals surface area contributed by atoms with E-state index in [4.69, 9.17) is 16.3 Å². The highest BCUT2D eigenvalue weighted by Gasteiger charge is 2.34. The van der Waals surface area contributed by atoms with Crippen molar-refractivity contribution in [2.24, 2.45) is 5.92 Å². The fourth-order valence-corrected chi connectivity index (χ4v) is 5.65. The van der Waals surface area contributed by atoms with Gasteiger partial charge in [0.15, 0.2) is 0 Å². The molecule has 2 aromatic rings. The van der Waals surface area contributed by atoms with Gasteiger partial charge < -0.3 is 20.1 Å². The van der Waals surface area contributed by atoms with Gasteiger partial charge in [-0.1, -0.05) is 18.5 Å². The molecule has 0 bridgehead atoms. The van der Waals surface area contributed by atoms with Crippen molar-refractivity contribution in [2.75, 3.05) is 32.1 Å². The van der Waals surface area contributed by atoms with Crippen LogP contribution in [0.15, 0.2) is 47.4 Å². The summed E-state index contributed by atoms with van der Waals surface area (Å²) in [6, 6.07) is 9.55. The fraction of sp³-hybridized carbons (Fsp3) is 0.481. The molecular weight excluding hydrogens is 587 g/mol. The third-order valence-corrected chi connectivity index (χ3v) is 8.88. The Balaban J connectivity index is 1.92. The number of likely N-dealkylation sites (N-methyl/N-ethyl adjacent to an activating group) is 1. The number of aliphatic hydroxyl groups is 1. The molecule has 1 aliphatic heterocycles. The van der Waals surface area contributed by atoms with Crippen molar-refractivity contribution < 1.29 is 41.0 Å². The average molecular weight is 620 g/mol. The molecule has 2 aromatic carbocycles. The summed E-state index contributed by atoms with van der Waals surface area (Å²) in [6.45, 7) is 3.24. The first kappa shape index (κ1) is 32.6. The number of anilines is 1. The van der Waals surface area contributed by atoms with Gasteiger partial charge in [-0.05, 0) is 49.4 Å². The number of alkyl halides is 3. The number of rotatable bonds is 9. The Labute approximate surface area is 242 Å². The predicted molar refractivity (Wildman–Crippen MR) is 147 cm³/mol. The van der Waals surface area contributed by atoms with Crippen molar-refractivity contribution in [2.45, 2.75) is 56.3 Å². The van der Waals surface area contributed by atoms with E-state index in [1.54, 1.807) is 13.8 Å². The largest absolute Gasteiger partial charge is 0.488 e. The lowest BCUT2D eigenvalue weighted by Crippen LogP contribution is -2.48. The third kappa shape index (κ3) is 8.81. The highest BCUT2D eigenvalue weighted by molar-refractivity contribution is 7.89. The fourth-order valence-electron chi connectivity index (χ4n) is 4.34. The molecule has 2 amide bonds. The Morgan fingerprint density at radius 1 is 1.24 bits per heavy atom. The molecule has 41 heavy (non-hydrogen) atoms. The Hall–Kier alpha value is -2.87. The van der Waals surface area contributed by atoms with Crippen LogP contribution in [0.25, 0.3) is 0 Å². The second-order valence-electron chi connectivity index (χ2n) is 10.1. The van der Waals surface area contributed by atoms with Crippen LogP contribution in [-0.2, 0) is 26.0 Å². The second kappa shape index (κ2) is 13.4. The molecule has 1 aliphatic rings. The number of carbonyl (C=O) groups excluding carboxylic acids is 2. The molecule has 0 unspecified atom stereocenters. The van der Waals surface area contributed by atoms with Gasteiger partial charge in [-0.15, -0.1) is 0 Å². The summed E-state index contributed by atoms with van der Waals surface area (Å²) in [5.74, 6) is -1.30. The molecule has 0 radical (unpaired) electrons. The molecule has 0 fully saturated rings. The van der Waals surface area contributed by atoms with Crippen LogP contribution in [0, 0.1) is 5.92 Å². The van der Waals surface area contributed by atoms with E-state index in [2.05, 4.69) is 5.32 Å². The lowest BCUT2D eigenvalue weighted by atomic mass is 10.0. The van der Waals surface area contributed by atoms with Gasteiger partial charge in [-0.3, -0.25) is 9.59 Å². The number of hydrogen-bond donors (Lipinski definition) is 2. The first-order chi connectivity index (χ1) is 19.1.